The van der Waals surface area contributed by atoms with Crippen molar-refractivity contribution in [2.45, 2.75) is 12.8 Å². The second kappa shape index (κ2) is 8.71. The van der Waals surface area contributed by atoms with Crippen molar-refractivity contribution in [1.29, 1.82) is 0 Å². The number of hydrogen-bond acceptors (Lipinski definition) is 4. The zero-order chi connectivity index (χ0) is 19.7. The number of rotatable bonds is 5. The van der Waals surface area contributed by atoms with Crippen molar-refractivity contribution in [2.75, 3.05) is 31.1 Å². The molecule has 2 aromatic carbocycles. The van der Waals surface area contributed by atoms with Crippen LogP contribution < -0.4 is 10.2 Å². The molecule has 0 aromatic heterocycles. The Hall–Kier alpha value is -2.77. The Balaban J connectivity index is 0.00000240. The van der Waals surface area contributed by atoms with Crippen LogP contribution in [0.1, 0.15) is 43.9 Å². The predicted molar refractivity (Wildman–Crippen MR) is 109 cm³/mol. The van der Waals surface area contributed by atoms with Crippen molar-refractivity contribution in [2.24, 2.45) is 0 Å². The molecular weight excluding hydrogens is 397 g/mol. The highest BCUT2D eigenvalue weighted by Crippen LogP contribution is 2.29. The number of nitrogens with one attached hydrogen (secondary N) is 1. The van der Waals surface area contributed by atoms with Crippen molar-refractivity contribution in [3.05, 3.63) is 65.0 Å². The maximum absolute atomic E-state index is 13.5. The van der Waals surface area contributed by atoms with Gasteiger partial charge in [-0.05, 0) is 62.3 Å². The van der Waals surface area contributed by atoms with Gasteiger partial charge in [-0.25, -0.2) is 9.29 Å². The van der Waals surface area contributed by atoms with Gasteiger partial charge in [-0.3, -0.25) is 14.4 Å². The first kappa shape index (κ1) is 21.0. The summed E-state index contributed by atoms with van der Waals surface area (Å²) in [4.78, 5) is 41.0. The summed E-state index contributed by atoms with van der Waals surface area (Å²) in [6.45, 7) is 3.43. The highest BCUT2D eigenvalue weighted by molar-refractivity contribution is 6.34. The van der Waals surface area contributed by atoms with Gasteiger partial charge < -0.3 is 10.2 Å². The minimum absolute atomic E-state index is 0. The largest absolute Gasteiger partial charge is 0.351 e. The molecule has 2 heterocycles. The fourth-order valence-electron chi connectivity index (χ4n) is 3.67. The second-order valence-corrected chi connectivity index (χ2v) is 6.99. The molecule has 3 amide bonds. The number of amides is 3. The first-order valence-corrected chi connectivity index (χ1v) is 9.33. The molecular formula is C21H21ClFN3O3. The van der Waals surface area contributed by atoms with Crippen LogP contribution in [0, 0.1) is 5.82 Å². The summed E-state index contributed by atoms with van der Waals surface area (Å²) in [5, 5.41) is 2.85. The van der Waals surface area contributed by atoms with Crippen LogP contribution in [0.15, 0.2) is 42.5 Å². The van der Waals surface area contributed by atoms with E-state index in [-0.39, 0.29) is 35.1 Å². The summed E-state index contributed by atoms with van der Waals surface area (Å²) >= 11 is 0. The first-order chi connectivity index (χ1) is 13.5. The number of anilines is 1. The Kier molecular flexibility index (Phi) is 6.30. The van der Waals surface area contributed by atoms with Crippen LogP contribution in [0.3, 0.4) is 0 Å². The van der Waals surface area contributed by atoms with Gasteiger partial charge in [0.15, 0.2) is 0 Å². The fourth-order valence-corrected chi connectivity index (χ4v) is 3.67. The minimum Gasteiger partial charge on any atom is -0.351 e. The molecule has 0 bridgehead atoms. The quantitative estimate of drug-likeness (QED) is 0.759. The number of hydrogen-bond donors (Lipinski definition) is 1. The molecule has 8 heteroatoms. The van der Waals surface area contributed by atoms with Gasteiger partial charge in [-0.15, -0.1) is 12.4 Å². The van der Waals surface area contributed by atoms with Crippen LogP contribution in [0.25, 0.3) is 0 Å². The van der Waals surface area contributed by atoms with Crippen molar-refractivity contribution >= 4 is 35.8 Å². The van der Waals surface area contributed by atoms with E-state index in [0.717, 1.165) is 30.6 Å². The van der Waals surface area contributed by atoms with E-state index in [1.54, 1.807) is 0 Å². The summed E-state index contributed by atoms with van der Waals surface area (Å²) in [5.74, 6) is -1.90. The lowest BCUT2D eigenvalue weighted by Crippen LogP contribution is -2.33. The van der Waals surface area contributed by atoms with Crippen LogP contribution in [0.2, 0.25) is 0 Å². The standard InChI is InChI=1S/C21H20FN3O3.ClH/c22-15-4-3-5-16(13-15)25-20(27)17-7-6-14(12-18(17)21(25)28)19(26)23-8-11-24-9-1-2-10-24;/h3-7,12-13H,1-2,8-11H2,(H,23,26);1H. The number of carbonyl (C=O) groups is 3. The van der Waals surface area contributed by atoms with E-state index in [0.29, 0.717) is 12.1 Å². The highest BCUT2D eigenvalue weighted by atomic mass is 35.5. The van der Waals surface area contributed by atoms with Gasteiger partial charge in [-0.2, -0.15) is 0 Å². The lowest BCUT2D eigenvalue weighted by molar-refractivity contribution is 0.0923. The zero-order valence-electron chi connectivity index (χ0n) is 15.7. The van der Waals surface area contributed by atoms with Crippen LogP contribution in [0.5, 0.6) is 0 Å². The lowest BCUT2D eigenvalue weighted by atomic mass is 10.1. The summed E-state index contributed by atoms with van der Waals surface area (Å²) in [7, 11) is 0. The Morgan fingerprint density at radius 2 is 1.72 bits per heavy atom. The van der Waals surface area contributed by atoms with Crippen molar-refractivity contribution in [3.8, 4) is 0 Å². The molecule has 1 saturated heterocycles. The van der Waals surface area contributed by atoms with Gasteiger partial charge in [-0.1, -0.05) is 6.07 Å². The second-order valence-electron chi connectivity index (χ2n) is 6.99. The summed E-state index contributed by atoms with van der Waals surface area (Å²) in [5.41, 5.74) is 0.856. The molecule has 2 aromatic rings. The Morgan fingerprint density at radius 3 is 2.45 bits per heavy atom. The summed E-state index contributed by atoms with van der Waals surface area (Å²) in [6.07, 6.45) is 2.38. The Bertz CT molecular complexity index is 960. The third kappa shape index (κ3) is 4.16. The van der Waals surface area contributed by atoms with E-state index in [9.17, 15) is 18.8 Å². The zero-order valence-corrected chi connectivity index (χ0v) is 16.5. The molecule has 0 aliphatic carbocycles. The molecule has 152 valence electrons. The van der Waals surface area contributed by atoms with Crippen LogP contribution in [0.4, 0.5) is 10.1 Å². The number of halogens is 2. The van der Waals surface area contributed by atoms with Crippen molar-refractivity contribution in [3.63, 3.8) is 0 Å². The lowest BCUT2D eigenvalue weighted by Gasteiger charge is -2.14. The van der Waals surface area contributed by atoms with Gasteiger partial charge >= 0.3 is 0 Å². The van der Waals surface area contributed by atoms with Gasteiger partial charge in [0, 0.05) is 18.7 Å². The molecule has 4 rings (SSSR count). The first-order valence-electron chi connectivity index (χ1n) is 9.33. The molecule has 1 fully saturated rings. The third-order valence-electron chi connectivity index (χ3n) is 5.13. The fraction of sp³-hybridized carbons (Fsp3) is 0.286. The topological polar surface area (TPSA) is 69.7 Å². The molecule has 1 N–H and O–H groups in total. The SMILES string of the molecule is Cl.O=C(NCCN1CCCC1)c1ccc2c(c1)C(=O)N(c1cccc(F)c1)C2=O. The van der Waals surface area contributed by atoms with E-state index < -0.39 is 17.6 Å². The molecule has 0 saturated carbocycles. The number of benzene rings is 2. The van der Waals surface area contributed by atoms with E-state index in [1.165, 1.54) is 49.2 Å². The normalized spacial score (nSPS) is 16.0. The number of imide groups is 1. The predicted octanol–water partition coefficient (Wildman–Crippen LogP) is 2.87. The average Bonchev–Trinajstić information content (AvgIpc) is 3.28. The van der Waals surface area contributed by atoms with Gasteiger partial charge in [0.05, 0.1) is 16.8 Å². The van der Waals surface area contributed by atoms with Crippen LogP contribution in [-0.2, 0) is 0 Å². The summed E-state index contributed by atoms with van der Waals surface area (Å²) in [6, 6.07) is 9.75. The van der Waals surface area contributed by atoms with Gasteiger partial charge in [0.25, 0.3) is 17.7 Å². The van der Waals surface area contributed by atoms with Gasteiger partial charge in [0.2, 0.25) is 0 Å². The average molecular weight is 418 g/mol. The summed E-state index contributed by atoms with van der Waals surface area (Å²) < 4.78 is 13.5. The molecule has 0 spiro atoms. The molecule has 0 atom stereocenters. The molecule has 0 unspecified atom stereocenters. The Morgan fingerprint density at radius 1 is 1.00 bits per heavy atom. The van der Waals surface area contributed by atoms with E-state index >= 15 is 0 Å². The highest BCUT2D eigenvalue weighted by Gasteiger charge is 2.37. The number of carbonyl (C=O) groups excluding carboxylic acids is 3. The molecule has 2 aliphatic heterocycles. The van der Waals surface area contributed by atoms with E-state index in [4.69, 9.17) is 0 Å². The molecule has 29 heavy (non-hydrogen) atoms. The van der Waals surface area contributed by atoms with Crippen molar-refractivity contribution < 1.29 is 18.8 Å². The number of fused-ring (bicyclic) bond motifs is 1. The van der Waals surface area contributed by atoms with Crippen LogP contribution >= 0.6 is 12.4 Å². The molecule has 2 aliphatic rings. The number of nitrogens with zero attached hydrogens (tertiary/aromatic N) is 2. The monoisotopic (exact) mass is 417 g/mol. The molecule has 6 nitrogen and oxygen atoms in total. The third-order valence-corrected chi connectivity index (χ3v) is 5.13. The minimum atomic E-state index is -0.558. The smallest absolute Gasteiger partial charge is 0.266 e. The van der Waals surface area contributed by atoms with Crippen molar-refractivity contribution in [1.82, 2.24) is 10.2 Å². The number of likely N-dealkylation sites (tertiary alicyclic amines) is 1. The van der Waals surface area contributed by atoms with E-state index in [1.807, 2.05) is 0 Å². The van der Waals surface area contributed by atoms with E-state index in [2.05, 4.69) is 10.2 Å². The maximum atomic E-state index is 13.5. The Labute approximate surface area is 174 Å². The maximum Gasteiger partial charge on any atom is 0.266 e. The van der Waals surface area contributed by atoms with Crippen LogP contribution in [-0.4, -0.2) is 48.8 Å². The van der Waals surface area contributed by atoms with Gasteiger partial charge in [0.1, 0.15) is 5.82 Å². The molecule has 0 radical (unpaired) electrons.